The van der Waals surface area contributed by atoms with Crippen LogP contribution in [0.4, 0.5) is 0 Å². The van der Waals surface area contributed by atoms with Crippen LogP contribution in [0.1, 0.15) is 10.9 Å². The van der Waals surface area contributed by atoms with Crippen molar-refractivity contribution >= 4 is 45.2 Å². The summed E-state index contributed by atoms with van der Waals surface area (Å²) < 4.78 is 11.7. The van der Waals surface area contributed by atoms with Crippen molar-refractivity contribution in [3.05, 3.63) is 70.5 Å². The van der Waals surface area contributed by atoms with Crippen LogP contribution >= 0.6 is 22.9 Å². The van der Waals surface area contributed by atoms with E-state index in [4.69, 9.17) is 20.8 Å². The predicted octanol–water partition coefficient (Wildman–Crippen LogP) is 4.76. The maximum Gasteiger partial charge on any atom is 0.331 e. The molecule has 0 N–H and O–H groups in total. The summed E-state index contributed by atoms with van der Waals surface area (Å²) in [5.74, 6) is -0.0601. The number of thiazole rings is 1. The van der Waals surface area contributed by atoms with E-state index >= 15 is 0 Å². The Morgan fingerprint density at radius 3 is 2.81 bits per heavy atom. The third-order valence-corrected chi connectivity index (χ3v) is 4.91. The molecule has 0 saturated heterocycles. The van der Waals surface area contributed by atoms with Gasteiger partial charge in [0.25, 0.3) is 5.89 Å². The topological polar surface area (TPSA) is 78.1 Å². The van der Waals surface area contributed by atoms with Gasteiger partial charge in [0.15, 0.2) is 6.61 Å². The molecular formula is C19H12ClN3O3S. The van der Waals surface area contributed by atoms with E-state index in [1.165, 1.54) is 17.4 Å². The Hall–Kier alpha value is -3.03. The lowest BCUT2D eigenvalue weighted by atomic mass is 10.2. The molecule has 0 radical (unpaired) electrons. The molecule has 6 nitrogen and oxygen atoms in total. The summed E-state index contributed by atoms with van der Waals surface area (Å²) in [5.41, 5.74) is 1.52. The Labute approximate surface area is 163 Å². The first kappa shape index (κ1) is 17.4. The van der Waals surface area contributed by atoms with Gasteiger partial charge in [-0.1, -0.05) is 35.9 Å². The third-order valence-electron chi connectivity index (χ3n) is 3.58. The van der Waals surface area contributed by atoms with Crippen LogP contribution in [0.3, 0.4) is 0 Å². The van der Waals surface area contributed by atoms with Gasteiger partial charge >= 0.3 is 5.97 Å². The first-order valence-corrected chi connectivity index (χ1v) is 9.16. The first-order chi connectivity index (χ1) is 13.2. The Morgan fingerprint density at radius 1 is 1.15 bits per heavy atom. The quantitative estimate of drug-likeness (QED) is 0.357. The van der Waals surface area contributed by atoms with E-state index < -0.39 is 5.97 Å². The summed E-state index contributed by atoms with van der Waals surface area (Å²) in [6, 6.07) is 14.9. The number of esters is 1. The lowest BCUT2D eigenvalue weighted by Gasteiger charge is -1.98. The average molecular weight is 398 g/mol. The number of carbonyl (C=O) groups is 1. The van der Waals surface area contributed by atoms with E-state index in [1.807, 2.05) is 36.4 Å². The molecule has 0 spiro atoms. The highest BCUT2D eigenvalue weighted by molar-refractivity contribution is 7.19. The predicted molar refractivity (Wildman–Crippen MR) is 103 cm³/mol. The number of ether oxygens (including phenoxy) is 1. The molecule has 0 amide bonds. The van der Waals surface area contributed by atoms with Crippen molar-refractivity contribution in [2.75, 3.05) is 0 Å². The molecular weight excluding hydrogens is 386 g/mol. The fraction of sp³-hybridized carbons (Fsp3) is 0.0526. The van der Waals surface area contributed by atoms with Gasteiger partial charge in [-0.3, -0.25) is 0 Å². The molecule has 4 rings (SSSR count). The minimum atomic E-state index is -0.522. The molecule has 0 saturated carbocycles. The molecule has 0 fully saturated rings. The minimum absolute atomic E-state index is 0.125. The van der Waals surface area contributed by atoms with Crippen molar-refractivity contribution in [1.82, 2.24) is 15.2 Å². The number of halogens is 1. The van der Waals surface area contributed by atoms with Crippen LogP contribution in [0, 0.1) is 0 Å². The summed E-state index contributed by atoms with van der Waals surface area (Å²) in [6.07, 6.45) is 2.94. The summed E-state index contributed by atoms with van der Waals surface area (Å²) in [6.45, 7) is -0.125. The second kappa shape index (κ2) is 7.69. The van der Waals surface area contributed by atoms with E-state index in [1.54, 1.807) is 18.2 Å². The Kier molecular flexibility index (Phi) is 4.95. The van der Waals surface area contributed by atoms with Gasteiger partial charge < -0.3 is 9.15 Å². The molecule has 0 unspecified atom stereocenters. The van der Waals surface area contributed by atoms with Crippen molar-refractivity contribution in [2.45, 2.75) is 6.61 Å². The van der Waals surface area contributed by atoms with Gasteiger partial charge in [0.2, 0.25) is 5.89 Å². The number of carbonyl (C=O) groups excluding carboxylic acids is 1. The minimum Gasteiger partial charge on any atom is -0.452 e. The Morgan fingerprint density at radius 2 is 1.96 bits per heavy atom. The lowest BCUT2D eigenvalue weighted by Crippen LogP contribution is -2.00. The molecule has 0 aliphatic heterocycles. The van der Waals surface area contributed by atoms with E-state index in [2.05, 4.69) is 15.2 Å². The third kappa shape index (κ3) is 4.05. The van der Waals surface area contributed by atoms with Gasteiger partial charge in [0, 0.05) is 6.08 Å². The molecule has 27 heavy (non-hydrogen) atoms. The van der Waals surface area contributed by atoms with Crippen LogP contribution in [0.15, 0.2) is 59.0 Å². The number of rotatable bonds is 5. The van der Waals surface area contributed by atoms with Gasteiger partial charge in [-0.05, 0) is 30.3 Å². The standard InChI is InChI=1S/C19H12ClN3O3S/c20-13-6-2-1-5-12(13)19-23-22-16(26-19)11-25-18(24)10-9-17-21-14-7-3-4-8-15(14)27-17/h1-10H,11H2. The van der Waals surface area contributed by atoms with Gasteiger partial charge in [-0.2, -0.15) is 0 Å². The SMILES string of the molecule is O=C(C=Cc1nc2ccccc2s1)OCc1nnc(-c2ccccc2Cl)o1. The summed E-state index contributed by atoms with van der Waals surface area (Å²) >= 11 is 7.59. The van der Waals surface area contributed by atoms with E-state index in [0.29, 0.717) is 10.6 Å². The Balaban J connectivity index is 1.37. The number of para-hydroxylation sites is 1. The lowest BCUT2D eigenvalue weighted by molar-refractivity contribution is -0.139. The van der Waals surface area contributed by atoms with Crippen LogP contribution in [0.5, 0.6) is 0 Å². The van der Waals surface area contributed by atoms with Crippen LogP contribution in [0.2, 0.25) is 5.02 Å². The zero-order chi connectivity index (χ0) is 18.6. The fourth-order valence-corrected chi connectivity index (χ4v) is 3.42. The van der Waals surface area contributed by atoms with E-state index in [9.17, 15) is 4.79 Å². The van der Waals surface area contributed by atoms with Crippen LogP contribution in [-0.4, -0.2) is 21.2 Å². The van der Waals surface area contributed by atoms with Crippen LogP contribution < -0.4 is 0 Å². The van der Waals surface area contributed by atoms with Gasteiger partial charge in [0.05, 0.1) is 20.8 Å². The monoisotopic (exact) mass is 397 g/mol. The number of nitrogens with zero attached hydrogens (tertiary/aromatic N) is 3. The first-order valence-electron chi connectivity index (χ1n) is 7.97. The van der Waals surface area contributed by atoms with Crippen molar-refractivity contribution in [1.29, 1.82) is 0 Å². The zero-order valence-corrected chi connectivity index (χ0v) is 15.4. The highest BCUT2D eigenvalue weighted by Gasteiger charge is 2.12. The van der Waals surface area contributed by atoms with Gasteiger partial charge in [0.1, 0.15) is 5.01 Å². The van der Waals surface area contributed by atoms with E-state index in [-0.39, 0.29) is 18.4 Å². The van der Waals surface area contributed by atoms with Crippen molar-refractivity contribution in [3.8, 4) is 11.5 Å². The van der Waals surface area contributed by atoms with Crippen molar-refractivity contribution < 1.29 is 13.9 Å². The van der Waals surface area contributed by atoms with E-state index in [0.717, 1.165) is 15.2 Å². The molecule has 0 aliphatic rings. The van der Waals surface area contributed by atoms with Crippen molar-refractivity contribution in [3.63, 3.8) is 0 Å². The highest BCUT2D eigenvalue weighted by atomic mass is 35.5. The molecule has 4 aromatic rings. The number of fused-ring (bicyclic) bond motifs is 1. The number of hydrogen-bond acceptors (Lipinski definition) is 7. The molecule has 2 heterocycles. The summed E-state index contributed by atoms with van der Waals surface area (Å²) in [7, 11) is 0. The van der Waals surface area contributed by atoms with Crippen molar-refractivity contribution in [2.24, 2.45) is 0 Å². The molecule has 0 bridgehead atoms. The highest BCUT2D eigenvalue weighted by Crippen LogP contribution is 2.26. The number of aromatic nitrogens is 3. The number of benzene rings is 2. The smallest absolute Gasteiger partial charge is 0.331 e. The van der Waals surface area contributed by atoms with Gasteiger partial charge in [-0.15, -0.1) is 21.5 Å². The second-order valence-electron chi connectivity index (χ2n) is 5.44. The van der Waals surface area contributed by atoms with Crippen LogP contribution in [0.25, 0.3) is 27.7 Å². The summed E-state index contributed by atoms with van der Waals surface area (Å²) in [5, 5.41) is 9.02. The second-order valence-corrected chi connectivity index (χ2v) is 6.91. The molecule has 0 aliphatic carbocycles. The maximum atomic E-state index is 11.9. The maximum absolute atomic E-state index is 11.9. The molecule has 2 aromatic carbocycles. The Bertz CT molecular complexity index is 1100. The molecule has 134 valence electrons. The largest absolute Gasteiger partial charge is 0.452 e. The number of hydrogen-bond donors (Lipinski definition) is 0. The van der Waals surface area contributed by atoms with Crippen LogP contribution in [-0.2, 0) is 16.1 Å². The average Bonchev–Trinajstić information content (AvgIpc) is 3.31. The van der Waals surface area contributed by atoms with Gasteiger partial charge in [-0.25, -0.2) is 9.78 Å². The normalized spacial score (nSPS) is 11.3. The molecule has 2 aromatic heterocycles. The molecule has 0 atom stereocenters. The zero-order valence-electron chi connectivity index (χ0n) is 13.8. The summed E-state index contributed by atoms with van der Waals surface area (Å²) in [4.78, 5) is 16.3. The fourth-order valence-electron chi connectivity index (χ4n) is 2.34. The molecule has 8 heteroatoms.